The second-order valence-corrected chi connectivity index (χ2v) is 8.31. The van der Waals surface area contributed by atoms with Crippen LogP contribution in [0.4, 0.5) is 5.69 Å². The van der Waals surface area contributed by atoms with Crippen molar-refractivity contribution in [3.05, 3.63) is 68.5 Å². The molecule has 0 saturated carbocycles. The summed E-state index contributed by atoms with van der Waals surface area (Å²) < 4.78 is 5.33. The van der Waals surface area contributed by atoms with Crippen LogP contribution in [0.25, 0.3) is 0 Å². The molecule has 3 aromatic rings. The van der Waals surface area contributed by atoms with E-state index in [1.54, 1.807) is 18.4 Å². The van der Waals surface area contributed by atoms with Crippen molar-refractivity contribution < 1.29 is 14.4 Å². The number of ether oxygens (including phenoxy) is 1. The minimum absolute atomic E-state index is 0.0183. The summed E-state index contributed by atoms with van der Waals surface area (Å²) in [7, 11) is 1.62. The number of methoxy groups -OCH3 is 1. The number of carbonyl (C=O) groups is 1. The van der Waals surface area contributed by atoms with Crippen LogP contribution in [-0.2, 0) is 11.2 Å². The number of benzene rings is 1. The zero-order valence-electron chi connectivity index (χ0n) is 14.5. The molecule has 0 saturated heterocycles. The van der Waals surface area contributed by atoms with Gasteiger partial charge in [-0.05, 0) is 35.0 Å². The van der Waals surface area contributed by atoms with Gasteiger partial charge in [0.15, 0.2) is 6.54 Å². The van der Waals surface area contributed by atoms with E-state index < -0.39 is 0 Å². The van der Waals surface area contributed by atoms with Crippen LogP contribution < -0.4 is 15.0 Å². The van der Waals surface area contributed by atoms with Crippen LogP contribution in [0.3, 0.4) is 0 Å². The molecule has 0 bridgehead atoms. The van der Waals surface area contributed by atoms with Crippen LogP contribution in [-0.4, -0.2) is 26.1 Å². The van der Waals surface area contributed by atoms with Crippen molar-refractivity contribution in [3.63, 3.8) is 0 Å². The van der Waals surface area contributed by atoms with Crippen molar-refractivity contribution in [3.8, 4) is 5.75 Å². The average Bonchev–Trinajstić information content (AvgIpc) is 3.33. The van der Waals surface area contributed by atoms with E-state index >= 15 is 0 Å². The first-order valence-corrected chi connectivity index (χ1v) is 10.4. The Kier molecular flexibility index (Phi) is 5.06. The number of hydrogen-bond donors (Lipinski definition) is 2. The predicted octanol–water partition coefficient (Wildman–Crippen LogP) is 2.99. The minimum Gasteiger partial charge on any atom is -0.495 e. The molecular formula is C20H21N2O2S2+. The molecule has 2 atom stereocenters. The van der Waals surface area contributed by atoms with E-state index in [0.717, 1.165) is 18.7 Å². The molecule has 2 aromatic heterocycles. The third kappa shape index (κ3) is 3.40. The number of rotatable bonds is 5. The Morgan fingerprint density at radius 3 is 2.88 bits per heavy atom. The fraction of sp³-hybridized carbons (Fsp3) is 0.250. The van der Waals surface area contributed by atoms with Crippen LogP contribution in [0.2, 0.25) is 0 Å². The van der Waals surface area contributed by atoms with Gasteiger partial charge in [-0.2, -0.15) is 0 Å². The molecule has 2 N–H and O–H groups in total. The van der Waals surface area contributed by atoms with Crippen LogP contribution in [0, 0.1) is 0 Å². The summed E-state index contributed by atoms with van der Waals surface area (Å²) in [6.45, 7) is 1.41. The van der Waals surface area contributed by atoms with Gasteiger partial charge in [0.2, 0.25) is 0 Å². The molecule has 1 aliphatic rings. The van der Waals surface area contributed by atoms with Crippen molar-refractivity contribution >= 4 is 34.3 Å². The highest BCUT2D eigenvalue weighted by atomic mass is 32.1. The molecule has 0 spiro atoms. The molecular weight excluding hydrogens is 364 g/mol. The van der Waals surface area contributed by atoms with Gasteiger partial charge < -0.3 is 15.0 Å². The highest BCUT2D eigenvalue weighted by molar-refractivity contribution is 7.10. The molecule has 4 nitrogen and oxygen atoms in total. The van der Waals surface area contributed by atoms with Crippen molar-refractivity contribution in [2.75, 3.05) is 25.5 Å². The smallest absolute Gasteiger partial charge is 0.279 e. The number of carbonyl (C=O) groups excluding carboxylic acids is 1. The van der Waals surface area contributed by atoms with Crippen LogP contribution >= 0.6 is 22.7 Å². The molecule has 1 unspecified atom stereocenters. The largest absolute Gasteiger partial charge is 0.495 e. The lowest BCUT2D eigenvalue weighted by Gasteiger charge is -2.31. The Morgan fingerprint density at radius 2 is 2.08 bits per heavy atom. The Hall–Kier alpha value is -2.15. The minimum atomic E-state index is 0.0183. The van der Waals surface area contributed by atoms with Gasteiger partial charge in [-0.25, -0.2) is 0 Å². The van der Waals surface area contributed by atoms with Crippen molar-refractivity contribution in [2.45, 2.75) is 12.5 Å². The summed E-state index contributed by atoms with van der Waals surface area (Å²) in [4.78, 5) is 16.8. The zero-order chi connectivity index (χ0) is 17.9. The van der Waals surface area contributed by atoms with E-state index in [1.807, 2.05) is 35.6 Å². The van der Waals surface area contributed by atoms with Crippen molar-refractivity contribution in [1.29, 1.82) is 0 Å². The molecule has 26 heavy (non-hydrogen) atoms. The Bertz CT molecular complexity index is 889. The number of anilines is 1. The highest BCUT2D eigenvalue weighted by Gasteiger charge is 2.35. The van der Waals surface area contributed by atoms with Crippen molar-refractivity contribution in [2.24, 2.45) is 0 Å². The summed E-state index contributed by atoms with van der Waals surface area (Å²) in [5.41, 5.74) is 2.10. The van der Waals surface area contributed by atoms with Crippen LogP contribution in [0.1, 0.15) is 21.4 Å². The van der Waals surface area contributed by atoms with Crippen LogP contribution in [0.5, 0.6) is 5.75 Å². The lowest BCUT2D eigenvalue weighted by Crippen LogP contribution is -3.14. The molecule has 1 amide bonds. The molecule has 0 radical (unpaired) electrons. The summed E-state index contributed by atoms with van der Waals surface area (Å²) in [6.07, 6.45) is 1.03. The number of quaternary nitrogens is 1. The number of amides is 1. The van der Waals surface area contributed by atoms with Gasteiger partial charge in [-0.15, -0.1) is 22.7 Å². The summed E-state index contributed by atoms with van der Waals surface area (Å²) in [6, 6.07) is 14.3. The highest BCUT2D eigenvalue weighted by Crippen LogP contribution is 2.31. The number of fused-ring (bicyclic) bond motifs is 1. The fourth-order valence-corrected chi connectivity index (χ4v) is 5.42. The SMILES string of the molecule is COc1ccccc1NC(=O)C[NH+]1CCc2sccc2[C@@H]1c1cccs1. The average molecular weight is 386 g/mol. The molecule has 0 aliphatic carbocycles. The van der Waals surface area contributed by atoms with Gasteiger partial charge >= 0.3 is 0 Å². The normalized spacial score (nSPS) is 19.0. The van der Waals surface area contributed by atoms with E-state index in [1.165, 1.54) is 20.2 Å². The zero-order valence-corrected chi connectivity index (χ0v) is 16.2. The first-order chi connectivity index (χ1) is 12.8. The Balaban J connectivity index is 1.54. The molecule has 6 heteroatoms. The van der Waals surface area contributed by atoms with E-state index in [9.17, 15) is 4.79 Å². The number of para-hydroxylation sites is 2. The first-order valence-electron chi connectivity index (χ1n) is 8.63. The number of hydrogen-bond acceptors (Lipinski definition) is 4. The predicted molar refractivity (Wildman–Crippen MR) is 107 cm³/mol. The van der Waals surface area contributed by atoms with Gasteiger partial charge in [-0.3, -0.25) is 4.79 Å². The molecule has 1 aromatic carbocycles. The van der Waals surface area contributed by atoms with E-state index in [2.05, 4.69) is 34.3 Å². The Labute approximate surface area is 161 Å². The third-order valence-electron chi connectivity index (χ3n) is 4.77. The second kappa shape index (κ2) is 7.61. The van der Waals surface area contributed by atoms with Gasteiger partial charge in [-0.1, -0.05) is 18.2 Å². The van der Waals surface area contributed by atoms with E-state index in [0.29, 0.717) is 12.3 Å². The number of nitrogens with one attached hydrogen (secondary N) is 2. The fourth-order valence-electron chi connectivity index (χ4n) is 3.60. The van der Waals surface area contributed by atoms with Gasteiger partial charge in [0.25, 0.3) is 5.91 Å². The molecule has 134 valence electrons. The molecule has 4 rings (SSSR count). The molecule has 0 fully saturated rings. The van der Waals surface area contributed by atoms with E-state index in [4.69, 9.17) is 4.74 Å². The topological polar surface area (TPSA) is 42.8 Å². The molecule has 1 aliphatic heterocycles. The van der Waals surface area contributed by atoms with Gasteiger partial charge in [0.1, 0.15) is 11.8 Å². The van der Waals surface area contributed by atoms with Gasteiger partial charge in [0, 0.05) is 16.9 Å². The summed E-state index contributed by atoms with van der Waals surface area (Å²) in [5, 5.41) is 7.30. The maximum absolute atomic E-state index is 12.7. The molecule has 3 heterocycles. The number of thiophene rings is 2. The van der Waals surface area contributed by atoms with Crippen LogP contribution in [0.15, 0.2) is 53.2 Å². The lowest BCUT2D eigenvalue weighted by molar-refractivity contribution is -0.919. The summed E-state index contributed by atoms with van der Waals surface area (Å²) in [5.74, 6) is 0.703. The monoisotopic (exact) mass is 385 g/mol. The maximum atomic E-state index is 12.7. The van der Waals surface area contributed by atoms with Gasteiger partial charge in [0.05, 0.1) is 24.2 Å². The van der Waals surface area contributed by atoms with Crippen molar-refractivity contribution in [1.82, 2.24) is 0 Å². The third-order valence-corrected chi connectivity index (χ3v) is 6.70. The Morgan fingerprint density at radius 1 is 1.19 bits per heavy atom. The lowest BCUT2D eigenvalue weighted by atomic mass is 9.98. The second-order valence-electron chi connectivity index (χ2n) is 6.33. The quantitative estimate of drug-likeness (QED) is 0.709. The van der Waals surface area contributed by atoms with E-state index in [-0.39, 0.29) is 11.9 Å². The maximum Gasteiger partial charge on any atom is 0.279 e. The standard InChI is InChI=1S/C20H20N2O2S2/c1-24-16-6-3-2-5-15(16)21-19(23)13-22-10-8-17-14(9-12-26-17)20(22)18-7-4-11-25-18/h2-7,9,11-12,20H,8,10,13H2,1H3,(H,21,23)/p+1/t20-/m1/s1. The first kappa shape index (κ1) is 17.3. The summed E-state index contributed by atoms with van der Waals surface area (Å²) >= 11 is 3.60.